The molecule has 5 nitrogen and oxygen atoms in total. The first-order chi connectivity index (χ1) is 13.1. The van der Waals surface area contributed by atoms with Gasteiger partial charge in [-0.3, -0.25) is 4.99 Å². The number of pyridine rings is 1. The molecule has 0 saturated carbocycles. The van der Waals surface area contributed by atoms with E-state index < -0.39 is 0 Å². The van der Waals surface area contributed by atoms with Crippen LogP contribution in [0.2, 0.25) is 0 Å². The molecule has 1 aromatic carbocycles. The summed E-state index contributed by atoms with van der Waals surface area (Å²) in [7, 11) is 1.76. The Hall–Kier alpha value is -2.16. The van der Waals surface area contributed by atoms with Crippen molar-refractivity contribution in [1.82, 2.24) is 20.0 Å². The number of nitrogens with one attached hydrogen (secondary N) is 2. The lowest BCUT2D eigenvalue weighted by Crippen LogP contribution is -2.39. The van der Waals surface area contributed by atoms with Gasteiger partial charge in [-0.15, -0.1) is 24.0 Å². The smallest absolute Gasteiger partial charge is 0.190 e. The zero-order chi connectivity index (χ0) is 19.2. The maximum Gasteiger partial charge on any atom is 0.190 e. The molecule has 0 fully saturated rings. The van der Waals surface area contributed by atoms with Crippen molar-refractivity contribution in [2.75, 3.05) is 20.1 Å². The average Bonchev–Trinajstić information content (AvgIpc) is 3.06. The number of nitrogens with zero attached hydrogens (tertiary/aromatic N) is 3. The monoisotopic (exact) mass is 495 g/mol. The predicted molar refractivity (Wildman–Crippen MR) is 123 cm³/mol. The highest BCUT2D eigenvalue weighted by atomic mass is 127. The molecule has 2 N–H and O–H groups in total. The number of rotatable bonds is 6. The minimum absolute atomic E-state index is 0. The van der Waals surface area contributed by atoms with Crippen molar-refractivity contribution in [3.05, 3.63) is 70.9 Å². The Morgan fingerprint density at radius 2 is 1.86 bits per heavy atom. The standard InChI is InChI=1S/C21H26FN5.HI/c1-15-5-4-12-27-14-19(26-20(15)27)9-11-25-21(23-3)24-10-8-17-6-7-18(22)13-16(17)2;/h4-7,12-14H,8-11H2,1-3H3,(H2,23,24,25);1H. The maximum atomic E-state index is 13.2. The second kappa shape index (κ2) is 10.4. The van der Waals surface area contributed by atoms with Crippen LogP contribution in [-0.4, -0.2) is 35.5 Å². The molecule has 0 radical (unpaired) electrons. The molecule has 2 aromatic heterocycles. The fraction of sp³-hybridized carbons (Fsp3) is 0.333. The molecule has 0 aliphatic rings. The number of aliphatic imine (C=N–C) groups is 1. The van der Waals surface area contributed by atoms with E-state index in [0.29, 0.717) is 0 Å². The minimum atomic E-state index is -0.191. The Morgan fingerprint density at radius 3 is 2.54 bits per heavy atom. The molecule has 0 saturated heterocycles. The number of hydrogen-bond donors (Lipinski definition) is 2. The third kappa shape index (κ3) is 5.67. The topological polar surface area (TPSA) is 53.7 Å². The van der Waals surface area contributed by atoms with Crippen LogP contribution in [0.1, 0.15) is 22.4 Å². The zero-order valence-corrected chi connectivity index (χ0v) is 18.8. The molecule has 0 amide bonds. The van der Waals surface area contributed by atoms with Crippen molar-refractivity contribution in [3.8, 4) is 0 Å². The number of imidazole rings is 1. The van der Waals surface area contributed by atoms with Crippen LogP contribution in [-0.2, 0) is 12.8 Å². The van der Waals surface area contributed by atoms with E-state index in [1.54, 1.807) is 13.1 Å². The number of aryl methyl sites for hydroxylation is 2. The molecule has 28 heavy (non-hydrogen) atoms. The van der Waals surface area contributed by atoms with Crippen molar-refractivity contribution in [2.24, 2.45) is 4.99 Å². The van der Waals surface area contributed by atoms with Crippen LogP contribution >= 0.6 is 24.0 Å². The van der Waals surface area contributed by atoms with E-state index in [-0.39, 0.29) is 29.8 Å². The van der Waals surface area contributed by atoms with Crippen molar-refractivity contribution in [3.63, 3.8) is 0 Å². The summed E-state index contributed by atoms with van der Waals surface area (Å²) >= 11 is 0. The number of guanidine groups is 1. The van der Waals surface area contributed by atoms with Crippen molar-refractivity contribution >= 4 is 35.6 Å². The maximum absolute atomic E-state index is 13.2. The van der Waals surface area contributed by atoms with Gasteiger partial charge in [0, 0.05) is 39.0 Å². The first-order valence-corrected chi connectivity index (χ1v) is 9.19. The highest BCUT2D eigenvalue weighted by molar-refractivity contribution is 14.0. The first kappa shape index (κ1) is 22.1. The van der Waals surface area contributed by atoms with Crippen LogP contribution in [0, 0.1) is 19.7 Å². The normalized spacial score (nSPS) is 11.4. The van der Waals surface area contributed by atoms with Gasteiger partial charge in [0.25, 0.3) is 0 Å². The lowest BCUT2D eigenvalue weighted by molar-refractivity contribution is 0.625. The number of hydrogen-bond acceptors (Lipinski definition) is 2. The Labute approximate surface area is 182 Å². The molecule has 0 aliphatic heterocycles. The van der Waals surface area contributed by atoms with E-state index in [0.717, 1.165) is 54.4 Å². The van der Waals surface area contributed by atoms with Gasteiger partial charge in [-0.1, -0.05) is 12.1 Å². The molecule has 7 heteroatoms. The highest BCUT2D eigenvalue weighted by Crippen LogP contribution is 2.11. The van der Waals surface area contributed by atoms with Crippen LogP contribution in [0.4, 0.5) is 4.39 Å². The fourth-order valence-corrected chi connectivity index (χ4v) is 3.11. The Kier molecular flexibility index (Phi) is 8.22. The van der Waals surface area contributed by atoms with Gasteiger partial charge in [0.1, 0.15) is 11.5 Å². The molecular weight excluding hydrogens is 468 g/mol. The summed E-state index contributed by atoms with van der Waals surface area (Å²) in [5.74, 6) is 0.568. The summed E-state index contributed by atoms with van der Waals surface area (Å²) < 4.78 is 15.2. The van der Waals surface area contributed by atoms with Gasteiger partial charge in [-0.25, -0.2) is 9.37 Å². The summed E-state index contributed by atoms with van der Waals surface area (Å²) in [6.07, 6.45) is 5.72. The molecule has 0 bridgehead atoms. The van der Waals surface area contributed by atoms with E-state index in [4.69, 9.17) is 0 Å². The van der Waals surface area contributed by atoms with Crippen LogP contribution in [0.5, 0.6) is 0 Å². The second-order valence-corrected chi connectivity index (χ2v) is 6.65. The second-order valence-electron chi connectivity index (χ2n) is 6.65. The lowest BCUT2D eigenvalue weighted by Gasteiger charge is -2.12. The van der Waals surface area contributed by atoms with Crippen molar-refractivity contribution in [1.29, 1.82) is 0 Å². The van der Waals surface area contributed by atoms with Gasteiger partial charge in [0.2, 0.25) is 0 Å². The quantitative estimate of drug-likeness (QED) is 0.312. The lowest BCUT2D eigenvalue weighted by atomic mass is 10.1. The molecule has 0 aliphatic carbocycles. The number of aromatic nitrogens is 2. The number of benzene rings is 1. The molecule has 3 aromatic rings. The zero-order valence-electron chi connectivity index (χ0n) is 16.5. The summed E-state index contributed by atoms with van der Waals surface area (Å²) in [4.78, 5) is 8.94. The summed E-state index contributed by atoms with van der Waals surface area (Å²) in [5, 5.41) is 6.62. The van der Waals surface area contributed by atoms with Crippen LogP contribution in [0.15, 0.2) is 47.7 Å². The molecule has 0 atom stereocenters. The van der Waals surface area contributed by atoms with Gasteiger partial charge in [-0.2, -0.15) is 0 Å². The Morgan fingerprint density at radius 1 is 1.11 bits per heavy atom. The van der Waals surface area contributed by atoms with E-state index >= 15 is 0 Å². The predicted octanol–water partition coefficient (Wildman–Crippen LogP) is 3.66. The van der Waals surface area contributed by atoms with Gasteiger partial charge in [0.05, 0.1) is 5.69 Å². The highest BCUT2D eigenvalue weighted by Gasteiger charge is 2.05. The first-order valence-electron chi connectivity index (χ1n) is 9.19. The van der Waals surface area contributed by atoms with Gasteiger partial charge in [-0.05, 0) is 55.2 Å². The third-order valence-electron chi connectivity index (χ3n) is 4.62. The van der Waals surface area contributed by atoms with Crippen molar-refractivity contribution < 1.29 is 4.39 Å². The molecule has 0 spiro atoms. The SMILES string of the molecule is CN=C(NCCc1cn2cccc(C)c2n1)NCCc1ccc(F)cc1C.I. The number of fused-ring (bicyclic) bond motifs is 1. The fourth-order valence-electron chi connectivity index (χ4n) is 3.11. The third-order valence-corrected chi connectivity index (χ3v) is 4.62. The summed E-state index contributed by atoms with van der Waals surface area (Å²) in [5.41, 5.74) is 5.34. The van der Waals surface area contributed by atoms with E-state index in [2.05, 4.69) is 44.2 Å². The summed E-state index contributed by atoms with van der Waals surface area (Å²) in [6, 6.07) is 9.01. The van der Waals surface area contributed by atoms with Crippen LogP contribution in [0.25, 0.3) is 5.65 Å². The molecule has 3 rings (SSSR count). The van der Waals surface area contributed by atoms with Gasteiger partial charge < -0.3 is 15.0 Å². The Bertz CT molecular complexity index is 951. The molecule has 2 heterocycles. The van der Waals surface area contributed by atoms with E-state index in [1.807, 2.05) is 25.3 Å². The molecular formula is C21H27FIN5. The van der Waals surface area contributed by atoms with E-state index in [1.165, 1.54) is 11.6 Å². The van der Waals surface area contributed by atoms with Crippen molar-refractivity contribution in [2.45, 2.75) is 26.7 Å². The summed E-state index contributed by atoms with van der Waals surface area (Å²) in [6.45, 7) is 5.49. The minimum Gasteiger partial charge on any atom is -0.356 e. The number of halogens is 2. The average molecular weight is 495 g/mol. The Balaban J connectivity index is 0.00000280. The largest absolute Gasteiger partial charge is 0.356 e. The van der Waals surface area contributed by atoms with Gasteiger partial charge >= 0.3 is 0 Å². The van der Waals surface area contributed by atoms with E-state index in [9.17, 15) is 4.39 Å². The molecule has 150 valence electrons. The van der Waals surface area contributed by atoms with Crippen LogP contribution in [0.3, 0.4) is 0 Å². The van der Waals surface area contributed by atoms with Gasteiger partial charge in [0.15, 0.2) is 5.96 Å². The molecule has 0 unspecified atom stereocenters. The van der Waals surface area contributed by atoms with Crippen LogP contribution < -0.4 is 10.6 Å².